The van der Waals surface area contributed by atoms with Crippen LogP contribution in [0.1, 0.15) is 20.0 Å². The van der Waals surface area contributed by atoms with Gasteiger partial charge in [-0.1, -0.05) is 35.2 Å². The number of carbonyl (C=O) groups is 2. The van der Waals surface area contributed by atoms with Gasteiger partial charge in [-0.25, -0.2) is 9.78 Å². The van der Waals surface area contributed by atoms with E-state index in [1.165, 1.54) is 36.4 Å². The molecule has 2 heterocycles. The van der Waals surface area contributed by atoms with E-state index in [1.807, 2.05) is 24.3 Å². The summed E-state index contributed by atoms with van der Waals surface area (Å²) in [5, 5.41) is 3.48. The predicted octanol–water partition coefficient (Wildman–Crippen LogP) is 3.17. The van der Waals surface area contributed by atoms with E-state index in [1.54, 1.807) is 6.20 Å². The topological polar surface area (TPSA) is 68.3 Å². The standard InChI is InChI=1S/C14H10N2O3S2/c1-19-13(18)11-7-16-14(21-11)15-6-10-12(17)8-4-2-3-5-9(8)20-10/h2-7H,1H3,(H,15,16)/b10-6-. The summed E-state index contributed by atoms with van der Waals surface area (Å²) in [6.45, 7) is 0. The molecule has 0 saturated heterocycles. The van der Waals surface area contributed by atoms with Crippen molar-refractivity contribution in [2.45, 2.75) is 4.90 Å². The largest absolute Gasteiger partial charge is 0.465 e. The van der Waals surface area contributed by atoms with Gasteiger partial charge in [0.2, 0.25) is 5.78 Å². The van der Waals surface area contributed by atoms with Gasteiger partial charge in [-0.05, 0) is 12.1 Å². The van der Waals surface area contributed by atoms with Crippen LogP contribution >= 0.6 is 23.1 Å². The number of thiazole rings is 1. The maximum atomic E-state index is 12.2. The van der Waals surface area contributed by atoms with Crippen molar-refractivity contribution in [3.63, 3.8) is 0 Å². The number of allylic oxidation sites excluding steroid dienone is 1. The van der Waals surface area contributed by atoms with Crippen LogP contribution in [0.4, 0.5) is 5.13 Å². The van der Waals surface area contributed by atoms with Gasteiger partial charge in [-0.3, -0.25) is 4.79 Å². The van der Waals surface area contributed by atoms with E-state index >= 15 is 0 Å². The Hall–Kier alpha value is -2.12. The normalized spacial score (nSPS) is 15.1. The molecule has 1 aromatic carbocycles. The second kappa shape index (κ2) is 5.71. The molecule has 0 atom stereocenters. The summed E-state index contributed by atoms with van der Waals surface area (Å²) in [5.74, 6) is -0.431. The molecule has 0 amide bonds. The molecule has 106 valence electrons. The Morgan fingerprint density at radius 3 is 2.95 bits per heavy atom. The van der Waals surface area contributed by atoms with Gasteiger partial charge in [-0.15, -0.1) is 0 Å². The molecule has 7 heteroatoms. The molecular formula is C14H10N2O3S2. The second-order valence-corrected chi connectivity index (χ2v) is 6.22. The van der Waals surface area contributed by atoms with Crippen molar-refractivity contribution >= 4 is 40.0 Å². The lowest BCUT2D eigenvalue weighted by Gasteiger charge is -1.96. The van der Waals surface area contributed by atoms with Crippen molar-refractivity contribution in [2.75, 3.05) is 12.4 Å². The van der Waals surface area contributed by atoms with Crippen molar-refractivity contribution in [3.8, 4) is 0 Å². The molecule has 0 radical (unpaired) electrons. The van der Waals surface area contributed by atoms with E-state index < -0.39 is 5.97 Å². The fourth-order valence-corrected chi connectivity index (χ4v) is 3.48. The number of esters is 1. The summed E-state index contributed by atoms with van der Waals surface area (Å²) in [6, 6.07) is 7.47. The monoisotopic (exact) mass is 318 g/mol. The van der Waals surface area contributed by atoms with Crippen LogP contribution < -0.4 is 5.32 Å². The smallest absolute Gasteiger partial charge is 0.349 e. The summed E-state index contributed by atoms with van der Waals surface area (Å²) in [6.07, 6.45) is 3.06. The SMILES string of the molecule is COC(=O)c1cnc(N/C=C2\Sc3ccccc3C2=O)s1. The van der Waals surface area contributed by atoms with E-state index in [0.717, 1.165) is 4.90 Å². The molecule has 0 aliphatic carbocycles. The molecule has 0 spiro atoms. The van der Waals surface area contributed by atoms with E-state index in [4.69, 9.17) is 0 Å². The second-order valence-electron chi connectivity index (χ2n) is 4.10. The van der Waals surface area contributed by atoms with Gasteiger partial charge in [0, 0.05) is 16.7 Å². The predicted molar refractivity (Wildman–Crippen MR) is 81.8 cm³/mol. The third-order valence-corrected chi connectivity index (χ3v) is 4.80. The first-order valence-electron chi connectivity index (χ1n) is 6.01. The average molecular weight is 318 g/mol. The minimum Gasteiger partial charge on any atom is -0.465 e. The first-order valence-corrected chi connectivity index (χ1v) is 7.65. The van der Waals surface area contributed by atoms with Gasteiger partial charge >= 0.3 is 5.97 Å². The van der Waals surface area contributed by atoms with Crippen LogP contribution in [-0.2, 0) is 4.74 Å². The summed E-state index contributed by atoms with van der Waals surface area (Å²) in [4.78, 5) is 29.5. The van der Waals surface area contributed by atoms with E-state index in [0.29, 0.717) is 20.5 Å². The van der Waals surface area contributed by atoms with Gasteiger partial charge in [0.05, 0.1) is 18.2 Å². The van der Waals surface area contributed by atoms with Crippen molar-refractivity contribution in [3.05, 3.63) is 52.0 Å². The summed E-state index contributed by atoms with van der Waals surface area (Å²) in [7, 11) is 1.32. The number of ketones is 1. The maximum Gasteiger partial charge on any atom is 0.349 e. The molecule has 5 nitrogen and oxygen atoms in total. The first kappa shape index (κ1) is 13.8. The van der Waals surface area contributed by atoms with Crippen LogP contribution in [-0.4, -0.2) is 23.8 Å². The molecule has 1 N–H and O–H groups in total. The molecule has 0 bridgehead atoms. The Kier molecular flexibility index (Phi) is 3.76. The third kappa shape index (κ3) is 2.70. The average Bonchev–Trinajstić information content (AvgIpc) is 3.10. The van der Waals surface area contributed by atoms with Gasteiger partial charge < -0.3 is 10.1 Å². The Labute approximate surface area is 129 Å². The third-order valence-electron chi connectivity index (χ3n) is 2.79. The number of aromatic nitrogens is 1. The number of anilines is 1. The lowest BCUT2D eigenvalue weighted by molar-refractivity contribution is 0.0606. The highest BCUT2D eigenvalue weighted by Crippen LogP contribution is 2.39. The number of fused-ring (bicyclic) bond motifs is 1. The summed E-state index contributed by atoms with van der Waals surface area (Å²) < 4.78 is 4.62. The van der Waals surface area contributed by atoms with Gasteiger partial charge in [0.25, 0.3) is 0 Å². The first-order chi connectivity index (χ1) is 10.2. The summed E-state index contributed by atoms with van der Waals surface area (Å²) >= 11 is 2.59. The van der Waals surface area contributed by atoms with Crippen LogP contribution in [0.5, 0.6) is 0 Å². The number of nitrogens with one attached hydrogen (secondary N) is 1. The van der Waals surface area contributed by atoms with Crippen molar-refractivity contribution in [1.82, 2.24) is 4.98 Å². The zero-order chi connectivity index (χ0) is 14.8. The molecule has 0 unspecified atom stereocenters. The number of ether oxygens (including phenoxy) is 1. The highest BCUT2D eigenvalue weighted by molar-refractivity contribution is 8.04. The number of nitrogens with zero attached hydrogens (tertiary/aromatic N) is 1. The van der Waals surface area contributed by atoms with E-state index in [2.05, 4.69) is 15.0 Å². The molecule has 0 fully saturated rings. The Balaban J connectivity index is 1.75. The molecule has 3 rings (SSSR count). The molecule has 1 aromatic heterocycles. The molecular weight excluding hydrogens is 308 g/mol. The van der Waals surface area contributed by atoms with Crippen LogP contribution in [0.25, 0.3) is 0 Å². The number of Topliss-reactive ketones (excluding diaryl/α,β-unsaturated/α-hetero) is 1. The van der Waals surface area contributed by atoms with Gasteiger partial charge in [-0.2, -0.15) is 0 Å². The quantitative estimate of drug-likeness (QED) is 0.692. The summed E-state index contributed by atoms with van der Waals surface area (Å²) in [5.41, 5.74) is 0.713. The number of benzene rings is 1. The van der Waals surface area contributed by atoms with Gasteiger partial charge in [0.15, 0.2) is 5.13 Å². The maximum absolute atomic E-state index is 12.2. The van der Waals surface area contributed by atoms with Crippen LogP contribution in [0, 0.1) is 0 Å². The zero-order valence-corrected chi connectivity index (χ0v) is 12.6. The van der Waals surface area contributed by atoms with E-state index in [9.17, 15) is 9.59 Å². The minimum absolute atomic E-state index is 0.00662. The molecule has 0 saturated carbocycles. The van der Waals surface area contributed by atoms with Crippen LogP contribution in [0.3, 0.4) is 0 Å². The molecule has 1 aliphatic heterocycles. The van der Waals surface area contributed by atoms with Crippen molar-refractivity contribution in [2.24, 2.45) is 0 Å². The fourth-order valence-electron chi connectivity index (χ4n) is 1.80. The Bertz CT molecular complexity index is 752. The molecule has 2 aromatic rings. The minimum atomic E-state index is -0.424. The number of methoxy groups -OCH3 is 1. The van der Waals surface area contributed by atoms with Crippen molar-refractivity contribution < 1.29 is 14.3 Å². The van der Waals surface area contributed by atoms with Crippen LogP contribution in [0.2, 0.25) is 0 Å². The lowest BCUT2D eigenvalue weighted by atomic mass is 10.1. The highest BCUT2D eigenvalue weighted by Gasteiger charge is 2.25. The number of carbonyl (C=O) groups excluding carboxylic acids is 2. The van der Waals surface area contributed by atoms with Crippen LogP contribution in [0.15, 0.2) is 46.5 Å². The Morgan fingerprint density at radius 2 is 2.19 bits per heavy atom. The number of thioether (sulfide) groups is 1. The number of hydrogen-bond acceptors (Lipinski definition) is 7. The van der Waals surface area contributed by atoms with Crippen molar-refractivity contribution in [1.29, 1.82) is 0 Å². The fraction of sp³-hybridized carbons (Fsp3) is 0.0714. The van der Waals surface area contributed by atoms with Gasteiger partial charge in [0.1, 0.15) is 4.88 Å². The number of rotatable bonds is 3. The highest BCUT2D eigenvalue weighted by atomic mass is 32.2. The lowest BCUT2D eigenvalue weighted by Crippen LogP contribution is -1.97. The Morgan fingerprint density at radius 1 is 1.38 bits per heavy atom. The van der Waals surface area contributed by atoms with E-state index in [-0.39, 0.29) is 5.78 Å². The zero-order valence-electron chi connectivity index (χ0n) is 11.0. The molecule has 1 aliphatic rings. The number of hydrogen-bond donors (Lipinski definition) is 1. The molecule has 21 heavy (non-hydrogen) atoms.